The van der Waals surface area contributed by atoms with Gasteiger partial charge >= 0.3 is 0 Å². The molecule has 4 N–H and O–H groups in total. The Labute approximate surface area is 226 Å². The zero-order valence-corrected chi connectivity index (χ0v) is 21.7. The molecule has 7 nitrogen and oxygen atoms in total. The van der Waals surface area contributed by atoms with E-state index in [0.717, 1.165) is 53.7 Å². The van der Waals surface area contributed by atoms with Crippen molar-refractivity contribution in [3.05, 3.63) is 101 Å². The van der Waals surface area contributed by atoms with Crippen molar-refractivity contribution in [1.29, 1.82) is 0 Å². The number of carbonyl (C=O) groups excluding carboxylic acids is 2. The number of para-hydroxylation sites is 2. The molecule has 0 unspecified atom stereocenters. The number of nitrogens with one attached hydrogen (secondary N) is 1. The van der Waals surface area contributed by atoms with E-state index in [9.17, 15) is 19.1 Å². The predicted molar refractivity (Wildman–Crippen MR) is 147 cm³/mol. The molecule has 1 fully saturated rings. The van der Waals surface area contributed by atoms with Crippen molar-refractivity contribution in [2.24, 2.45) is 11.7 Å². The van der Waals surface area contributed by atoms with Gasteiger partial charge in [-0.25, -0.2) is 9.37 Å². The van der Waals surface area contributed by atoms with Crippen molar-refractivity contribution in [2.45, 2.75) is 50.6 Å². The number of amides is 2. The number of nitrogens with two attached hydrogens (primary N) is 1. The van der Waals surface area contributed by atoms with Crippen LogP contribution in [0.1, 0.15) is 60.2 Å². The van der Waals surface area contributed by atoms with Gasteiger partial charge in [0.2, 0.25) is 11.8 Å². The molecule has 0 spiro atoms. The SMILES string of the molecule is NC(=O)[C@@H](NC(=O)[C@@H]1CCCC[C@H]1c1ccc(Cn2c(CCO)nc3ccccc32)cc1)c1ccc(F)cc1. The van der Waals surface area contributed by atoms with E-state index in [1.807, 2.05) is 24.3 Å². The van der Waals surface area contributed by atoms with Gasteiger partial charge < -0.3 is 20.7 Å². The molecule has 4 aromatic rings. The Morgan fingerprint density at radius 1 is 1.03 bits per heavy atom. The van der Waals surface area contributed by atoms with Crippen LogP contribution in [0, 0.1) is 11.7 Å². The van der Waals surface area contributed by atoms with Crippen molar-refractivity contribution in [3.63, 3.8) is 0 Å². The third-order valence-electron chi connectivity index (χ3n) is 7.69. The largest absolute Gasteiger partial charge is 0.396 e. The summed E-state index contributed by atoms with van der Waals surface area (Å²) in [7, 11) is 0. The van der Waals surface area contributed by atoms with Gasteiger partial charge in [-0.3, -0.25) is 9.59 Å². The van der Waals surface area contributed by atoms with Crippen LogP contribution < -0.4 is 11.1 Å². The first-order valence-corrected chi connectivity index (χ1v) is 13.4. The molecule has 5 rings (SSSR count). The number of halogens is 1. The number of benzene rings is 3. The van der Waals surface area contributed by atoms with E-state index in [-0.39, 0.29) is 24.3 Å². The van der Waals surface area contributed by atoms with Crippen LogP contribution >= 0.6 is 0 Å². The molecular weight excluding hydrogens is 495 g/mol. The van der Waals surface area contributed by atoms with Gasteiger partial charge in [0.15, 0.2) is 0 Å². The molecule has 1 aromatic heterocycles. The van der Waals surface area contributed by atoms with E-state index in [2.05, 4.69) is 39.1 Å². The summed E-state index contributed by atoms with van der Waals surface area (Å²) in [6.45, 7) is 0.661. The minimum absolute atomic E-state index is 0.0218. The molecule has 1 aliphatic carbocycles. The van der Waals surface area contributed by atoms with Crippen LogP contribution in [0.15, 0.2) is 72.8 Å². The van der Waals surface area contributed by atoms with Gasteiger partial charge in [0, 0.05) is 18.9 Å². The Hall–Kier alpha value is -4.04. The number of imidazole rings is 1. The molecule has 39 heavy (non-hydrogen) atoms. The quantitative estimate of drug-likeness (QED) is 0.300. The summed E-state index contributed by atoms with van der Waals surface area (Å²) in [6, 6.07) is 20.7. The molecule has 1 aliphatic rings. The summed E-state index contributed by atoms with van der Waals surface area (Å²) in [5.74, 6) is -0.740. The fourth-order valence-electron chi connectivity index (χ4n) is 5.71. The number of aliphatic hydroxyl groups excluding tert-OH is 1. The van der Waals surface area contributed by atoms with E-state index in [0.29, 0.717) is 18.5 Å². The summed E-state index contributed by atoms with van der Waals surface area (Å²) in [5, 5.41) is 12.4. The lowest BCUT2D eigenvalue weighted by Gasteiger charge is -2.32. The van der Waals surface area contributed by atoms with Crippen LogP contribution in [0.2, 0.25) is 0 Å². The lowest BCUT2D eigenvalue weighted by molar-refractivity contribution is -0.131. The molecule has 0 bridgehead atoms. The number of aromatic nitrogens is 2. The minimum atomic E-state index is -1.01. The number of hydrogen-bond acceptors (Lipinski definition) is 4. The first-order chi connectivity index (χ1) is 18.9. The van der Waals surface area contributed by atoms with E-state index >= 15 is 0 Å². The van der Waals surface area contributed by atoms with Crippen molar-refractivity contribution in [3.8, 4) is 0 Å². The molecule has 3 aromatic carbocycles. The Balaban J connectivity index is 1.34. The zero-order chi connectivity index (χ0) is 27.4. The van der Waals surface area contributed by atoms with Crippen molar-refractivity contribution >= 4 is 22.8 Å². The van der Waals surface area contributed by atoms with Crippen LogP contribution in [-0.2, 0) is 22.6 Å². The minimum Gasteiger partial charge on any atom is -0.396 e. The summed E-state index contributed by atoms with van der Waals surface area (Å²) in [6.07, 6.45) is 4.04. The Bertz CT molecular complexity index is 1450. The summed E-state index contributed by atoms with van der Waals surface area (Å²) < 4.78 is 15.5. The number of nitrogens with zero attached hydrogens (tertiary/aromatic N) is 2. The summed E-state index contributed by atoms with van der Waals surface area (Å²) >= 11 is 0. The molecule has 8 heteroatoms. The van der Waals surface area contributed by atoms with Crippen molar-refractivity contribution in [1.82, 2.24) is 14.9 Å². The van der Waals surface area contributed by atoms with E-state index in [1.54, 1.807) is 0 Å². The number of primary amides is 1. The second-order valence-electron chi connectivity index (χ2n) is 10.2. The highest BCUT2D eigenvalue weighted by Gasteiger charge is 2.34. The highest BCUT2D eigenvalue weighted by Crippen LogP contribution is 2.38. The number of fused-ring (bicyclic) bond motifs is 1. The Morgan fingerprint density at radius 3 is 2.46 bits per heavy atom. The van der Waals surface area contributed by atoms with Crippen LogP contribution in [0.5, 0.6) is 0 Å². The molecule has 2 amide bonds. The molecule has 0 saturated heterocycles. The van der Waals surface area contributed by atoms with E-state index in [4.69, 9.17) is 5.73 Å². The number of hydrogen-bond donors (Lipinski definition) is 3. The molecule has 202 valence electrons. The van der Waals surface area contributed by atoms with Crippen molar-refractivity contribution < 1.29 is 19.1 Å². The summed E-state index contributed by atoms with van der Waals surface area (Å²) in [4.78, 5) is 30.3. The number of rotatable bonds is 9. The van der Waals surface area contributed by atoms with Gasteiger partial charge in [0.05, 0.1) is 17.6 Å². The van der Waals surface area contributed by atoms with Crippen LogP contribution in [0.25, 0.3) is 11.0 Å². The highest BCUT2D eigenvalue weighted by molar-refractivity contribution is 5.89. The van der Waals surface area contributed by atoms with Crippen LogP contribution in [-0.4, -0.2) is 33.1 Å². The van der Waals surface area contributed by atoms with Crippen molar-refractivity contribution in [2.75, 3.05) is 6.61 Å². The first kappa shape index (κ1) is 26.6. The fourth-order valence-corrected chi connectivity index (χ4v) is 5.71. The molecule has 3 atom stereocenters. The second kappa shape index (κ2) is 11.8. The first-order valence-electron chi connectivity index (χ1n) is 13.4. The maximum absolute atomic E-state index is 13.4. The van der Waals surface area contributed by atoms with E-state index in [1.165, 1.54) is 24.3 Å². The number of aliphatic hydroxyl groups is 1. The van der Waals surface area contributed by atoms with Crippen LogP contribution in [0.4, 0.5) is 4.39 Å². The average molecular weight is 529 g/mol. The standard InChI is InChI=1S/C31H33FN4O3/c32-23-15-13-22(14-16-23)29(30(33)38)35-31(39)25-6-2-1-5-24(25)21-11-9-20(10-12-21)19-36-27-8-4-3-7-26(27)34-28(36)17-18-37/h3-4,7-16,24-25,29,37H,1-2,5-6,17-19H2,(H2,33,38)(H,35,39)/t24-,25+,29-/m0/s1. The van der Waals surface area contributed by atoms with Gasteiger partial charge in [-0.2, -0.15) is 0 Å². The third kappa shape index (κ3) is 5.86. The van der Waals surface area contributed by atoms with E-state index < -0.39 is 17.8 Å². The molecular formula is C31H33FN4O3. The van der Waals surface area contributed by atoms with Gasteiger partial charge in [-0.15, -0.1) is 0 Å². The maximum atomic E-state index is 13.4. The molecule has 1 saturated carbocycles. The second-order valence-corrected chi connectivity index (χ2v) is 10.2. The monoisotopic (exact) mass is 528 g/mol. The lowest BCUT2D eigenvalue weighted by Crippen LogP contribution is -2.42. The number of carbonyl (C=O) groups is 2. The highest BCUT2D eigenvalue weighted by atomic mass is 19.1. The molecule has 0 radical (unpaired) electrons. The zero-order valence-electron chi connectivity index (χ0n) is 21.7. The lowest BCUT2D eigenvalue weighted by atomic mass is 9.74. The third-order valence-corrected chi connectivity index (χ3v) is 7.69. The fraction of sp³-hybridized carbons (Fsp3) is 0.323. The van der Waals surface area contributed by atoms with Gasteiger partial charge in [-0.05, 0) is 59.7 Å². The summed E-state index contributed by atoms with van der Waals surface area (Å²) in [5.41, 5.74) is 10.2. The topological polar surface area (TPSA) is 110 Å². The van der Waals surface area contributed by atoms with Gasteiger partial charge in [-0.1, -0.05) is 61.4 Å². The molecule has 0 aliphatic heterocycles. The van der Waals surface area contributed by atoms with Gasteiger partial charge in [0.25, 0.3) is 0 Å². The Kier molecular flexibility index (Phi) is 8.02. The molecule has 1 heterocycles. The van der Waals surface area contributed by atoms with Crippen LogP contribution in [0.3, 0.4) is 0 Å². The maximum Gasteiger partial charge on any atom is 0.244 e. The Morgan fingerprint density at radius 2 is 1.74 bits per heavy atom. The van der Waals surface area contributed by atoms with Gasteiger partial charge in [0.1, 0.15) is 17.7 Å². The predicted octanol–water partition coefficient (Wildman–Crippen LogP) is 4.38. The average Bonchev–Trinajstić information content (AvgIpc) is 3.29. The smallest absolute Gasteiger partial charge is 0.244 e. The normalized spacial score (nSPS) is 18.1.